The third-order valence-electron chi connectivity index (χ3n) is 4.42. The van der Waals surface area contributed by atoms with Crippen LogP contribution in [0, 0.1) is 5.92 Å². The molecular formula is C16H23N3. The van der Waals surface area contributed by atoms with Crippen molar-refractivity contribution in [3.8, 4) is 0 Å². The summed E-state index contributed by atoms with van der Waals surface area (Å²) in [6, 6.07) is 6.90. The van der Waals surface area contributed by atoms with E-state index in [1.54, 1.807) is 0 Å². The molecule has 0 aromatic carbocycles. The Morgan fingerprint density at radius 3 is 3.11 bits per heavy atom. The van der Waals surface area contributed by atoms with Crippen LogP contribution in [0.3, 0.4) is 0 Å². The second-order valence-electron chi connectivity index (χ2n) is 5.80. The minimum atomic E-state index is 0.668. The molecule has 1 aliphatic carbocycles. The fraction of sp³-hybridized carbons (Fsp3) is 0.562. The highest BCUT2D eigenvalue weighted by Gasteiger charge is 2.19. The predicted molar refractivity (Wildman–Crippen MR) is 78.1 cm³/mol. The first-order valence-corrected chi connectivity index (χ1v) is 7.49. The van der Waals surface area contributed by atoms with Gasteiger partial charge in [-0.15, -0.1) is 0 Å². The summed E-state index contributed by atoms with van der Waals surface area (Å²) in [5.41, 5.74) is 2.52. The van der Waals surface area contributed by atoms with Crippen LogP contribution in [0.15, 0.2) is 30.6 Å². The molecule has 2 aromatic rings. The van der Waals surface area contributed by atoms with Gasteiger partial charge >= 0.3 is 0 Å². The molecule has 0 bridgehead atoms. The van der Waals surface area contributed by atoms with Crippen molar-refractivity contribution in [2.45, 2.75) is 51.6 Å². The van der Waals surface area contributed by atoms with E-state index in [-0.39, 0.29) is 0 Å². The molecule has 1 N–H and O–H groups in total. The Morgan fingerprint density at radius 1 is 1.26 bits per heavy atom. The minimum absolute atomic E-state index is 0.668. The molecule has 0 radical (unpaired) electrons. The van der Waals surface area contributed by atoms with E-state index in [9.17, 15) is 0 Å². The van der Waals surface area contributed by atoms with E-state index in [4.69, 9.17) is 0 Å². The van der Waals surface area contributed by atoms with Crippen molar-refractivity contribution in [3.05, 3.63) is 36.2 Å². The number of pyridine rings is 1. The highest BCUT2D eigenvalue weighted by atomic mass is 15.2. The van der Waals surface area contributed by atoms with Gasteiger partial charge in [-0.1, -0.05) is 32.3 Å². The Morgan fingerprint density at radius 2 is 2.16 bits per heavy atom. The second-order valence-corrected chi connectivity index (χ2v) is 5.80. The average molecular weight is 257 g/mol. The number of rotatable bonds is 3. The van der Waals surface area contributed by atoms with E-state index in [1.165, 1.54) is 43.2 Å². The molecule has 2 aromatic heterocycles. The van der Waals surface area contributed by atoms with Crippen molar-refractivity contribution in [2.24, 2.45) is 5.92 Å². The van der Waals surface area contributed by atoms with Crippen LogP contribution in [-0.4, -0.2) is 15.7 Å². The van der Waals surface area contributed by atoms with Gasteiger partial charge in [0.15, 0.2) is 0 Å². The number of nitrogens with zero attached hydrogens (tertiary/aromatic N) is 2. The highest BCUT2D eigenvalue weighted by molar-refractivity contribution is 5.53. The molecule has 3 heteroatoms. The first-order valence-electron chi connectivity index (χ1n) is 7.49. The number of hydrogen-bond acceptors (Lipinski definition) is 2. The maximum absolute atomic E-state index is 4.40. The molecule has 2 heterocycles. The molecule has 3 nitrogen and oxygen atoms in total. The van der Waals surface area contributed by atoms with Gasteiger partial charge in [-0.3, -0.25) is 0 Å². The molecule has 0 spiro atoms. The van der Waals surface area contributed by atoms with E-state index in [0.717, 1.165) is 12.5 Å². The quantitative estimate of drug-likeness (QED) is 0.854. The number of aromatic nitrogens is 2. The van der Waals surface area contributed by atoms with Gasteiger partial charge in [0.25, 0.3) is 0 Å². The first kappa shape index (κ1) is 12.7. The molecule has 1 saturated carbocycles. The van der Waals surface area contributed by atoms with Gasteiger partial charge in [0, 0.05) is 24.3 Å². The van der Waals surface area contributed by atoms with Crippen molar-refractivity contribution < 1.29 is 0 Å². The zero-order valence-corrected chi connectivity index (χ0v) is 11.7. The van der Waals surface area contributed by atoms with Crippen molar-refractivity contribution >= 4 is 5.52 Å². The summed E-state index contributed by atoms with van der Waals surface area (Å²) in [6.07, 6.45) is 10.9. The van der Waals surface area contributed by atoms with E-state index in [2.05, 4.69) is 29.5 Å². The van der Waals surface area contributed by atoms with Crippen LogP contribution in [-0.2, 0) is 6.54 Å². The lowest BCUT2D eigenvalue weighted by molar-refractivity contribution is 0.356. The molecule has 2 unspecified atom stereocenters. The summed E-state index contributed by atoms with van der Waals surface area (Å²) in [5.74, 6) is 0.796. The Bertz CT molecular complexity index is 532. The molecule has 19 heavy (non-hydrogen) atoms. The van der Waals surface area contributed by atoms with E-state index >= 15 is 0 Å². The smallest absolute Gasteiger partial charge is 0.0706 e. The van der Waals surface area contributed by atoms with Crippen LogP contribution in [0.2, 0.25) is 0 Å². The normalized spacial score (nSPS) is 24.5. The summed E-state index contributed by atoms with van der Waals surface area (Å²) in [5, 5.41) is 8.15. The van der Waals surface area contributed by atoms with Gasteiger partial charge in [0.05, 0.1) is 11.7 Å². The van der Waals surface area contributed by atoms with Crippen LogP contribution in [0.25, 0.3) is 5.52 Å². The van der Waals surface area contributed by atoms with Crippen molar-refractivity contribution in [3.63, 3.8) is 0 Å². The highest BCUT2D eigenvalue weighted by Crippen LogP contribution is 2.23. The van der Waals surface area contributed by atoms with Gasteiger partial charge in [-0.05, 0) is 30.9 Å². The van der Waals surface area contributed by atoms with E-state index in [0.29, 0.717) is 6.04 Å². The van der Waals surface area contributed by atoms with Crippen LogP contribution < -0.4 is 5.32 Å². The number of nitrogens with one attached hydrogen (secondary N) is 1. The van der Waals surface area contributed by atoms with Gasteiger partial charge in [-0.25, -0.2) is 4.52 Å². The summed E-state index contributed by atoms with van der Waals surface area (Å²) in [7, 11) is 0. The number of fused-ring (bicyclic) bond motifs is 1. The summed E-state index contributed by atoms with van der Waals surface area (Å²) < 4.78 is 1.95. The predicted octanol–water partition coefficient (Wildman–Crippen LogP) is 3.39. The molecule has 1 aliphatic rings. The van der Waals surface area contributed by atoms with Crippen LogP contribution in [0.5, 0.6) is 0 Å². The second kappa shape index (κ2) is 5.74. The summed E-state index contributed by atoms with van der Waals surface area (Å²) >= 11 is 0. The summed E-state index contributed by atoms with van der Waals surface area (Å²) in [4.78, 5) is 0. The fourth-order valence-electron chi connectivity index (χ4n) is 3.16. The van der Waals surface area contributed by atoms with Crippen LogP contribution in [0.4, 0.5) is 0 Å². The largest absolute Gasteiger partial charge is 0.310 e. The van der Waals surface area contributed by atoms with Gasteiger partial charge in [0.1, 0.15) is 0 Å². The topological polar surface area (TPSA) is 29.3 Å². The van der Waals surface area contributed by atoms with Gasteiger partial charge < -0.3 is 5.32 Å². The van der Waals surface area contributed by atoms with E-state index < -0.39 is 0 Å². The average Bonchev–Trinajstić information content (AvgIpc) is 2.73. The molecule has 0 amide bonds. The SMILES string of the molecule is CC1CCCCCC1NCc1cnn2ccccc12. The third kappa shape index (κ3) is 2.81. The Labute approximate surface area is 115 Å². The Balaban J connectivity index is 1.68. The molecule has 0 aliphatic heterocycles. The van der Waals surface area contributed by atoms with Crippen LogP contribution >= 0.6 is 0 Å². The zero-order valence-electron chi connectivity index (χ0n) is 11.7. The third-order valence-corrected chi connectivity index (χ3v) is 4.42. The molecule has 102 valence electrons. The molecular weight excluding hydrogens is 234 g/mol. The Kier molecular flexibility index (Phi) is 3.83. The van der Waals surface area contributed by atoms with Gasteiger partial charge in [-0.2, -0.15) is 5.10 Å². The van der Waals surface area contributed by atoms with Crippen LogP contribution in [0.1, 0.15) is 44.6 Å². The first-order chi connectivity index (χ1) is 9.34. The molecule has 2 atom stereocenters. The minimum Gasteiger partial charge on any atom is -0.310 e. The Hall–Kier alpha value is -1.35. The lowest BCUT2D eigenvalue weighted by atomic mass is 9.97. The van der Waals surface area contributed by atoms with Crippen molar-refractivity contribution in [1.82, 2.24) is 14.9 Å². The fourth-order valence-corrected chi connectivity index (χ4v) is 3.16. The lowest BCUT2D eigenvalue weighted by Gasteiger charge is -2.22. The molecule has 0 saturated heterocycles. The van der Waals surface area contributed by atoms with Gasteiger partial charge in [0.2, 0.25) is 0 Å². The maximum Gasteiger partial charge on any atom is 0.0706 e. The zero-order chi connectivity index (χ0) is 13.1. The summed E-state index contributed by atoms with van der Waals surface area (Å²) in [6.45, 7) is 3.32. The monoisotopic (exact) mass is 257 g/mol. The van der Waals surface area contributed by atoms with Crippen molar-refractivity contribution in [1.29, 1.82) is 0 Å². The molecule has 3 rings (SSSR count). The van der Waals surface area contributed by atoms with E-state index in [1.807, 2.05) is 23.0 Å². The lowest BCUT2D eigenvalue weighted by Crippen LogP contribution is -2.33. The standard InChI is InChI=1S/C16H23N3/c1-13-7-3-2-4-8-15(13)17-11-14-12-18-19-10-6-5-9-16(14)19/h5-6,9-10,12-13,15,17H,2-4,7-8,11H2,1H3. The van der Waals surface area contributed by atoms with Crippen molar-refractivity contribution in [2.75, 3.05) is 0 Å². The number of hydrogen-bond donors (Lipinski definition) is 1. The maximum atomic E-state index is 4.40. The molecule has 1 fully saturated rings.